The van der Waals surface area contributed by atoms with Crippen molar-refractivity contribution in [2.45, 2.75) is 51.7 Å². The Balaban J connectivity index is 1.67. The Kier molecular flexibility index (Phi) is 5.16. The smallest absolute Gasteiger partial charge is 0.328 e. The van der Waals surface area contributed by atoms with Crippen LogP contribution in [0.5, 0.6) is 0 Å². The summed E-state index contributed by atoms with van der Waals surface area (Å²) in [6.45, 7) is 3.45. The lowest BCUT2D eigenvalue weighted by Gasteiger charge is -2.36. The molecule has 1 saturated heterocycles. The number of aromatic amines is 1. The zero-order chi connectivity index (χ0) is 17.8. The average molecular weight is 345 g/mol. The lowest BCUT2D eigenvalue weighted by molar-refractivity contribution is -0.135. The fourth-order valence-electron chi connectivity index (χ4n) is 3.36. The minimum atomic E-state index is -0.552. The summed E-state index contributed by atoms with van der Waals surface area (Å²) in [5, 5.41) is 0. The molecule has 1 aliphatic heterocycles. The quantitative estimate of drug-likeness (QED) is 0.855. The molecule has 8 nitrogen and oxygen atoms in total. The predicted molar refractivity (Wildman–Crippen MR) is 92.3 cm³/mol. The molecule has 0 aliphatic carbocycles. The summed E-state index contributed by atoms with van der Waals surface area (Å²) in [4.78, 5) is 43.9. The molecule has 1 atom stereocenters. The highest BCUT2D eigenvalue weighted by molar-refractivity contribution is 5.76. The van der Waals surface area contributed by atoms with Crippen molar-refractivity contribution in [2.24, 2.45) is 0 Å². The van der Waals surface area contributed by atoms with Crippen LogP contribution < -0.4 is 11.2 Å². The van der Waals surface area contributed by atoms with Crippen molar-refractivity contribution < 1.29 is 4.79 Å². The zero-order valence-corrected chi connectivity index (χ0v) is 14.4. The van der Waals surface area contributed by atoms with E-state index in [1.165, 1.54) is 16.8 Å². The third kappa shape index (κ3) is 4.07. The number of hydrogen-bond acceptors (Lipinski definition) is 4. The third-order valence-corrected chi connectivity index (χ3v) is 4.78. The number of hydrogen-bond donors (Lipinski definition) is 1. The molecule has 1 N–H and O–H groups in total. The Morgan fingerprint density at radius 1 is 1.28 bits per heavy atom. The van der Waals surface area contributed by atoms with E-state index in [1.54, 1.807) is 6.20 Å². The van der Waals surface area contributed by atoms with Crippen LogP contribution in [0, 0.1) is 6.92 Å². The average Bonchev–Trinajstić information content (AvgIpc) is 3.01. The maximum absolute atomic E-state index is 12.7. The predicted octanol–water partition coefficient (Wildman–Crippen LogP) is 0.513. The van der Waals surface area contributed by atoms with Crippen LogP contribution in [0.1, 0.15) is 31.5 Å². The number of carbonyl (C=O) groups is 1. The zero-order valence-electron chi connectivity index (χ0n) is 14.4. The highest BCUT2D eigenvalue weighted by Gasteiger charge is 2.26. The molecule has 1 aliphatic rings. The van der Waals surface area contributed by atoms with Gasteiger partial charge in [-0.2, -0.15) is 0 Å². The lowest BCUT2D eigenvalue weighted by Crippen LogP contribution is -2.46. The van der Waals surface area contributed by atoms with E-state index in [9.17, 15) is 14.4 Å². The van der Waals surface area contributed by atoms with Gasteiger partial charge in [-0.3, -0.25) is 19.1 Å². The molecule has 0 spiro atoms. The molecule has 134 valence electrons. The molecule has 3 heterocycles. The van der Waals surface area contributed by atoms with E-state index in [0.717, 1.165) is 38.1 Å². The topological polar surface area (TPSA) is 93.0 Å². The van der Waals surface area contributed by atoms with Gasteiger partial charge in [-0.05, 0) is 32.6 Å². The van der Waals surface area contributed by atoms with Gasteiger partial charge in [0.25, 0.3) is 5.56 Å². The number of H-pyrrole nitrogens is 1. The van der Waals surface area contributed by atoms with E-state index in [2.05, 4.69) is 14.5 Å². The van der Waals surface area contributed by atoms with E-state index >= 15 is 0 Å². The monoisotopic (exact) mass is 345 g/mol. The molecule has 3 rings (SSSR count). The van der Waals surface area contributed by atoms with Crippen molar-refractivity contribution in [1.29, 1.82) is 0 Å². The normalized spacial score (nSPS) is 17.6. The number of rotatable bonds is 5. The Morgan fingerprint density at radius 2 is 2.12 bits per heavy atom. The first-order valence-electron chi connectivity index (χ1n) is 8.61. The summed E-state index contributed by atoms with van der Waals surface area (Å²) in [5.74, 6) is 0.884. The van der Waals surface area contributed by atoms with Gasteiger partial charge in [0.05, 0.1) is 0 Å². The van der Waals surface area contributed by atoms with Crippen LogP contribution in [0.4, 0.5) is 0 Å². The van der Waals surface area contributed by atoms with E-state index in [0.29, 0.717) is 6.54 Å². The van der Waals surface area contributed by atoms with Gasteiger partial charge >= 0.3 is 5.69 Å². The molecule has 1 amide bonds. The summed E-state index contributed by atoms with van der Waals surface area (Å²) >= 11 is 0. The van der Waals surface area contributed by atoms with Gasteiger partial charge in [0.1, 0.15) is 12.4 Å². The molecule has 1 fully saturated rings. The molecular formula is C17H23N5O3. The SMILES string of the molecule is Cc1nccn1CC[C@@H]1CCCCN1C(=O)Cn1ccc(=O)[nH]c1=O. The largest absolute Gasteiger partial charge is 0.338 e. The fraction of sp³-hybridized carbons (Fsp3) is 0.529. The number of aromatic nitrogens is 4. The van der Waals surface area contributed by atoms with E-state index in [4.69, 9.17) is 0 Å². The van der Waals surface area contributed by atoms with Crippen molar-refractivity contribution >= 4 is 5.91 Å². The molecule has 0 saturated carbocycles. The summed E-state index contributed by atoms with van der Waals surface area (Å²) in [6, 6.07) is 1.42. The van der Waals surface area contributed by atoms with Crippen LogP contribution in [-0.2, 0) is 17.9 Å². The molecule has 8 heteroatoms. The third-order valence-electron chi connectivity index (χ3n) is 4.78. The molecular weight excluding hydrogens is 322 g/mol. The van der Waals surface area contributed by atoms with Crippen LogP contribution in [0.15, 0.2) is 34.2 Å². The van der Waals surface area contributed by atoms with Gasteiger partial charge in [-0.25, -0.2) is 9.78 Å². The highest BCUT2D eigenvalue weighted by atomic mass is 16.2. The Morgan fingerprint density at radius 3 is 2.84 bits per heavy atom. The Bertz CT molecular complexity index is 850. The minimum absolute atomic E-state index is 0.0454. The second-order valence-electron chi connectivity index (χ2n) is 6.43. The van der Waals surface area contributed by atoms with Crippen LogP contribution in [0.25, 0.3) is 0 Å². The van der Waals surface area contributed by atoms with Crippen molar-refractivity contribution in [3.05, 3.63) is 51.3 Å². The number of nitrogens with one attached hydrogen (secondary N) is 1. The van der Waals surface area contributed by atoms with Crippen molar-refractivity contribution in [1.82, 2.24) is 24.0 Å². The molecule has 0 bridgehead atoms. The molecule has 0 radical (unpaired) electrons. The number of likely N-dealkylation sites (tertiary alicyclic amines) is 1. The van der Waals surface area contributed by atoms with Crippen LogP contribution >= 0.6 is 0 Å². The Hall–Kier alpha value is -2.64. The van der Waals surface area contributed by atoms with Crippen LogP contribution in [0.3, 0.4) is 0 Å². The number of nitrogens with zero attached hydrogens (tertiary/aromatic N) is 4. The molecule has 0 aromatic carbocycles. The van der Waals surface area contributed by atoms with E-state index in [1.807, 2.05) is 18.0 Å². The summed E-state index contributed by atoms with van der Waals surface area (Å²) < 4.78 is 3.33. The number of aryl methyl sites for hydroxylation is 2. The van der Waals surface area contributed by atoms with E-state index in [-0.39, 0.29) is 18.5 Å². The van der Waals surface area contributed by atoms with Gasteiger partial charge in [0, 0.05) is 43.8 Å². The van der Waals surface area contributed by atoms with Gasteiger partial charge in [0.2, 0.25) is 5.91 Å². The first-order valence-corrected chi connectivity index (χ1v) is 8.61. The maximum Gasteiger partial charge on any atom is 0.328 e. The van der Waals surface area contributed by atoms with Crippen LogP contribution in [-0.4, -0.2) is 42.5 Å². The first-order chi connectivity index (χ1) is 12.0. The standard InChI is InChI=1S/C17H23N5O3/c1-13-18-7-11-20(13)9-5-14-4-2-3-8-22(14)16(24)12-21-10-6-15(23)19-17(21)25/h6-7,10-11,14H,2-5,8-9,12H2,1H3,(H,19,23,25)/t14-/m0/s1. The second-order valence-corrected chi connectivity index (χ2v) is 6.43. The molecule has 2 aromatic rings. The molecule has 25 heavy (non-hydrogen) atoms. The molecule has 0 unspecified atom stereocenters. The first kappa shape index (κ1) is 17.2. The van der Waals surface area contributed by atoms with Gasteiger partial charge in [-0.15, -0.1) is 0 Å². The Labute approximate surface area is 145 Å². The second kappa shape index (κ2) is 7.50. The van der Waals surface area contributed by atoms with Crippen molar-refractivity contribution in [3.63, 3.8) is 0 Å². The summed E-state index contributed by atoms with van der Waals surface area (Å²) in [7, 11) is 0. The number of amides is 1. The summed E-state index contributed by atoms with van der Waals surface area (Å²) in [5.41, 5.74) is -1.01. The lowest BCUT2D eigenvalue weighted by atomic mass is 9.99. The van der Waals surface area contributed by atoms with Crippen molar-refractivity contribution in [2.75, 3.05) is 6.54 Å². The van der Waals surface area contributed by atoms with E-state index < -0.39 is 11.2 Å². The van der Waals surface area contributed by atoms with Crippen LogP contribution in [0.2, 0.25) is 0 Å². The van der Waals surface area contributed by atoms with Crippen molar-refractivity contribution in [3.8, 4) is 0 Å². The number of imidazole rings is 1. The number of piperidine rings is 1. The fourth-order valence-corrected chi connectivity index (χ4v) is 3.36. The highest BCUT2D eigenvalue weighted by Crippen LogP contribution is 2.21. The van der Waals surface area contributed by atoms with Gasteiger partial charge < -0.3 is 9.47 Å². The number of carbonyl (C=O) groups excluding carboxylic acids is 1. The molecule has 2 aromatic heterocycles. The minimum Gasteiger partial charge on any atom is -0.338 e. The summed E-state index contributed by atoms with van der Waals surface area (Å²) in [6.07, 6.45) is 9.02. The van der Waals surface area contributed by atoms with Gasteiger partial charge in [0.15, 0.2) is 0 Å². The van der Waals surface area contributed by atoms with Gasteiger partial charge in [-0.1, -0.05) is 0 Å². The maximum atomic E-state index is 12.7.